The van der Waals surface area contributed by atoms with E-state index in [2.05, 4.69) is 29.1 Å². The third-order valence-corrected chi connectivity index (χ3v) is 4.58. The van der Waals surface area contributed by atoms with Crippen molar-refractivity contribution in [1.82, 2.24) is 5.32 Å². The Morgan fingerprint density at radius 3 is 1.65 bits per heavy atom. The maximum absolute atomic E-state index is 8.67. The van der Waals surface area contributed by atoms with Crippen LogP contribution in [0.25, 0.3) is 0 Å². The summed E-state index contributed by atoms with van der Waals surface area (Å²) in [5.41, 5.74) is 0. The van der Waals surface area contributed by atoms with Crippen molar-refractivity contribution in [2.24, 2.45) is 0 Å². The average Bonchev–Trinajstić information content (AvgIpc) is 3.53. The van der Waals surface area contributed by atoms with Crippen LogP contribution in [0.5, 0.6) is 0 Å². The van der Waals surface area contributed by atoms with E-state index in [0.717, 1.165) is 32.7 Å². The van der Waals surface area contributed by atoms with Gasteiger partial charge in [0.05, 0.1) is 13.2 Å². The van der Waals surface area contributed by atoms with Gasteiger partial charge in [0.2, 0.25) is 0 Å². The van der Waals surface area contributed by atoms with Gasteiger partial charge in [0.25, 0.3) is 0 Å². The van der Waals surface area contributed by atoms with E-state index in [9.17, 15) is 0 Å². The number of aliphatic hydroxyl groups excluding tert-OH is 1. The van der Waals surface area contributed by atoms with Crippen LogP contribution in [-0.4, -0.2) is 38.0 Å². The lowest BCUT2D eigenvalue weighted by Crippen LogP contribution is -2.17. The minimum atomic E-state index is 0.306. The molecule has 1 aliphatic heterocycles. The molecule has 26 heavy (non-hydrogen) atoms. The van der Waals surface area contributed by atoms with Crippen LogP contribution >= 0.6 is 0 Å². The number of nitrogens with one attached hydrogen (secondary N) is 1. The molecule has 0 aromatic rings. The van der Waals surface area contributed by atoms with Crippen LogP contribution in [0, 0.1) is 0 Å². The third-order valence-electron chi connectivity index (χ3n) is 4.58. The van der Waals surface area contributed by atoms with Gasteiger partial charge in [-0.3, -0.25) is 0 Å². The van der Waals surface area contributed by atoms with Crippen LogP contribution in [0.15, 0.2) is 12.2 Å². The highest BCUT2D eigenvalue weighted by Crippen LogP contribution is 2.09. The standard InChI is InChI=1S/C21H43NO.C2H4O/c1-2-3-4-5-6-7-8-9-10-11-12-13-14-15-16-17-19-22-20-18-21-23;1-2-3-1/h9-10,22-23H,2-8,11-21H2,1H3;1-2H2/b10-9-;. The first-order valence-corrected chi connectivity index (χ1v) is 11.5. The van der Waals surface area contributed by atoms with Crippen LogP contribution in [0.2, 0.25) is 0 Å². The second-order valence-electron chi connectivity index (χ2n) is 7.38. The lowest BCUT2D eigenvalue weighted by Gasteiger charge is -2.03. The van der Waals surface area contributed by atoms with E-state index >= 15 is 0 Å². The Hall–Kier alpha value is -0.380. The normalized spacial score (nSPS) is 13.0. The molecule has 1 fully saturated rings. The van der Waals surface area contributed by atoms with E-state index in [1.165, 1.54) is 89.9 Å². The number of hydrogen-bond donors (Lipinski definition) is 2. The third kappa shape index (κ3) is 28.4. The van der Waals surface area contributed by atoms with Crippen molar-refractivity contribution in [2.45, 2.75) is 103 Å². The van der Waals surface area contributed by atoms with Crippen molar-refractivity contribution in [3.05, 3.63) is 12.2 Å². The highest BCUT2D eigenvalue weighted by molar-refractivity contribution is 4.81. The van der Waals surface area contributed by atoms with Gasteiger partial charge in [0.1, 0.15) is 0 Å². The van der Waals surface area contributed by atoms with Crippen molar-refractivity contribution >= 4 is 0 Å². The Labute approximate surface area is 164 Å². The first kappa shape index (κ1) is 25.6. The quantitative estimate of drug-likeness (QED) is 0.166. The summed E-state index contributed by atoms with van der Waals surface area (Å²) in [5.74, 6) is 0. The fraction of sp³-hybridized carbons (Fsp3) is 0.913. The molecule has 0 aromatic carbocycles. The number of ether oxygens (including phenoxy) is 1. The summed E-state index contributed by atoms with van der Waals surface area (Å²) in [6.45, 7) is 6.66. The molecule has 3 nitrogen and oxygen atoms in total. The second-order valence-corrected chi connectivity index (χ2v) is 7.38. The van der Waals surface area contributed by atoms with Crippen molar-refractivity contribution in [2.75, 3.05) is 32.9 Å². The number of epoxide rings is 1. The number of allylic oxidation sites excluding steroid dienone is 2. The Balaban J connectivity index is 0.00000187. The lowest BCUT2D eigenvalue weighted by molar-refractivity contribution is 0.286. The van der Waals surface area contributed by atoms with E-state index in [4.69, 9.17) is 5.11 Å². The molecule has 0 spiro atoms. The first-order chi connectivity index (χ1) is 12.9. The first-order valence-electron chi connectivity index (χ1n) is 11.5. The van der Waals surface area contributed by atoms with Gasteiger partial charge in [-0.2, -0.15) is 0 Å². The monoisotopic (exact) mass is 369 g/mol. The van der Waals surface area contributed by atoms with Crippen molar-refractivity contribution in [3.63, 3.8) is 0 Å². The topological polar surface area (TPSA) is 44.8 Å². The predicted octanol–water partition coefficient (Wildman–Crippen LogP) is 6.01. The van der Waals surface area contributed by atoms with Crippen molar-refractivity contribution in [1.29, 1.82) is 0 Å². The minimum Gasteiger partial charge on any atom is -0.396 e. The fourth-order valence-corrected chi connectivity index (χ4v) is 2.83. The zero-order valence-electron chi connectivity index (χ0n) is 17.7. The van der Waals surface area contributed by atoms with E-state index < -0.39 is 0 Å². The van der Waals surface area contributed by atoms with Gasteiger partial charge >= 0.3 is 0 Å². The molecule has 0 aliphatic carbocycles. The van der Waals surface area contributed by atoms with Crippen molar-refractivity contribution in [3.8, 4) is 0 Å². The summed E-state index contributed by atoms with van der Waals surface area (Å²) < 4.78 is 4.50. The number of rotatable bonds is 19. The molecule has 0 radical (unpaired) electrons. The van der Waals surface area contributed by atoms with Gasteiger partial charge < -0.3 is 15.2 Å². The van der Waals surface area contributed by atoms with E-state index in [-0.39, 0.29) is 0 Å². The molecule has 2 N–H and O–H groups in total. The molecule has 0 aromatic heterocycles. The second kappa shape index (κ2) is 24.6. The molecule has 1 saturated heterocycles. The van der Waals surface area contributed by atoms with Crippen LogP contribution in [0.1, 0.15) is 103 Å². The molecule has 0 saturated carbocycles. The summed E-state index contributed by atoms with van der Waals surface area (Å²) >= 11 is 0. The SMILES string of the molecule is C1CO1.CCCCCCCC/C=C\CCCCCCCCNCCCO. The minimum absolute atomic E-state index is 0.306. The maximum atomic E-state index is 8.67. The van der Waals surface area contributed by atoms with E-state index in [1.54, 1.807) is 0 Å². The number of unbranched alkanes of at least 4 members (excludes halogenated alkanes) is 12. The van der Waals surface area contributed by atoms with E-state index in [1.807, 2.05) is 0 Å². The van der Waals surface area contributed by atoms with Gasteiger partial charge in [-0.05, 0) is 51.6 Å². The van der Waals surface area contributed by atoms with Gasteiger partial charge in [0.15, 0.2) is 0 Å². The molecular formula is C23H47NO2. The molecule has 1 heterocycles. The van der Waals surface area contributed by atoms with Gasteiger partial charge in [-0.1, -0.05) is 76.9 Å². The number of aliphatic hydroxyl groups is 1. The summed E-state index contributed by atoms with van der Waals surface area (Å²) in [5, 5.41) is 12.0. The average molecular weight is 370 g/mol. The maximum Gasteiger partial charge on any atom is 0.0701 e. The molecule has 1 aliphatic rings. The molecule has 156 valence electrons. The van der Waals surface area contributed by atoms with E-state index in [0.29, 0.717) is 6.61 Å². The van der Waals surface area contributed by atoms with Gasteiger partial charge in [0, 0.05) is 6.61 Å². The Kier molecular flexibility index (Phi) is 24.3. The highest BCUT2D eigenvalue weighted by Gasteiger charge is 1.94. The zero-order valence-corrected chi connectivity index (χ0v) is 17.7. The molecular weight excluding hydrogens is 322 g/mol. The van der Waals surface area contributed by atoms with Crippen LogP contribution in [-0.2, 0) is 4.74 Å². The summed E-state index contributed by atoms with van der Waals surface area (Å²) in [4.78, 5) is 0. The Bertz CT molecular complexity index is 264. The zero-order chi connectivity index (χ0) is 19.0. The number of hydrogen-bond acceptors (Lipinski definition) is 3. The Morgan fingerprint density at radius 1 is 0.692 bits per heavy atom. The predicted molar refractivity (Wildman–Crippen MR) is 115 cm³/mol. The van der Waals surface area contributed by atoms with Crippen LogP contribution < -0.4 is 5.32 Å². The smallest absolute Gasteiger partial charge is 0.0701 e. The van der Waals surface area contributed by atoms with Gasteiger partial charge in [-0.25, -0.2) is 0 Å². The highest BCUT2D eigenvalue weighted by atomic mass is 16.6. The molecule has 0 bridgehead atoms. The molecule has 0 unspecified atom stereocenters. The molecule has 3 heteroatoms. The lowest BCUT2D eigenvalue weighted by atomic mass is 10.1. The molecule has 0 atom stereocenters. The fourth-order valence-electron chi connectivity index (χ4n) is 2.83. The summed E-state index contributed by atoms with van der Waals surface area (Å²) in [6, 6.07) is 0. The van der Waals surface area contributed by atoms with Crippen molar-refractivity contribution < 1.29 is 9.84 Å². The summed E-state index contributed by atoms with van der Waals surface area (Å²) in [6.07, 6.45) is 24.8. The van der Waals surface area contributed by atoms with Crippen LogP contribution in [0.4, 0.5) is 0 Å². The Morgan fingerprint density at radius 2 is 1.15 bits per heavy atom. The van der Waals surface area contributed by atoms with Gasteiger partial charge in [-0.15, -0.1) is 0 Å². The summed E-state index contributed by atoms with van der Waals surface area (Å²) in [7, 11) is 0. The molecule has 1 rings (SSSR count). The largest absolute Gasteiger partial charge is 0.396 e. The van der Waals surface area contributed by atoms with Crippen LogP contribution in [0.3, 0.4) is 0 Å². The molecule has 0 amide bonds.